The maximum absolute atomic E-state index is 12.9. The summed E-state index contributed by atoms with van der Waals surface area (Å²) < 4.78 is 18.4. The van der Waals surface area contributed by atoms with Gasteiger partial charge in [0.1, 0.15) is 18.2 Å². The van der Waals surface area contributed by atoms with Gasteiger partial charge >= 0.3 is 0 Å². The number of hydrogen-bond acceptors (Lipinski definition) is 2. The van der Waals surface area contributed by atoms with Gasteiger partial charge in [-0.3, -0.25) is 4.79 Å². The monoisotopic (exact) mass is 244 g/mol. The fourth-order valence-electron chi connectivity index (χ4n) is 1.59. The molecule has 0 radical (unpaired) electrons. The van der Waals surface area contributed by atoms with Crippen molar-refractivity contribution in [3.8, 4) is 5.75 Å². The van der Waals surface area contributed by atoms with E-state index in [0.29, 0.717) is 18.6 Å². The van der Waals surface area contributed by atoms with Crippen molar-refractivity contribution in [2.24, 2.45) is 0 Å². The molecule has 0 bridgehead atoms. The van der Waals surface area contributed by atoms with Crippen LogP contribution >= 0.6 is 0 Å². The minimum absolute atomic E-state index is 0.224. The highest BCUT2D eigenvalue weighted by atomic mass is 19.1. The fourth-order valence-corrected chi connectivity index (χ4v) is 1.59. The molecule has 2 aromatic carbocycles. The standard InChI is InChI=1S/C15H13FO2/c1-11-2-4-12(5-3-11)10-18-15-7-6-14(16)8-13(15)9-17/h2-9H,10H2,1H3. The van der Waals surface area contributed by atoms with Crippen LogP contribution < -0.4 is 4.74 Å². The third-order valence-corrected chi connectivity index (χ3v) is 2.61. The van der Waals surface area contributed by atoms with E-state index in [1.54, 1.807) is 0 Å². The first kappa shape index (κ1) is 12.3. The second-order valence-corrected chi connectivity index (χ2v) is 4.07. The normalized spacial score (nSPS) is 10.1. The Morgan fingerprint density at radius 2 is 1.89 bits per heavy atom. The first-order valence-electron chi connectivity index (χ1n) is 5.62. The van der Waals surface area contributed by atoms with Crippen LogP contribution in [-0.2, 0) is 6.61 Å². The highest BCUT2D eigenvalue weighted by molar-refractivity contribution is 5.79. The van der Waals surface area contributed by atoms with Crippen molar-refractivity contribution in [3.63, 3.8) is 0 Å². The molecule has 0 atom stereocenters. The SMILES string of the molecule is Cc1ccc(COc2ccc(F)cc2C=O)cc1. The Labute approximate surface area is 105 Å². The molecule has 0 aliphatic carbocycles. The zero-order chi connectivity index (χ0) is 13.0. The molecule has 0 saturated carbocycles. The van der Waals surface area contributed by atoms with Crippen molar-refractivity contribution in [2.75, 3.05) is 0 Å². The van der Waals surface area contributed by atoms with Crippen molar-refractivity contribution in [3.05, 3.63) is 65.0 Å². The average Bonchev–Trinajstić information content (AvgIpc) is 2.39. The topological polar surface area (TPSA) is 26.3 Å². The highest BCUT2D eigenvalue weighted by Gasteiger charge is 2.04. The molecular formula is C15H13FO2. The second kappa shape index (κ2) is 5.45. The van der Waals surface area contributed by atoms with Crippen molar-refractivity contribution in [1.82, 2.24) is 0 Å². The molecule has 0 N–H and O–H groups in total. The minimum atomic E-state index is -0.445. The second-order valence-electron chi connectivity index (χ2n) is 4.07. The Bertz CT molecular complexity index is 547. The maximum atomic E-state index is 12.9. The van der Waals surface area contributed by atoms with Gasteiger partial charge in [-0.15, -0.1) is 0 Å². The molecule has 0 amide bonds. The van der Waals surface area contributed by atoms with E-state index in [1.807, 2.05) is 31.2 Å². The molecular weight excluding hydrogens is 231 g/mol. The first-order chi connectivity index (χ1) is 8.69. The van der Waals surface area contributed by atoms with Crippen molar-refractivity contribution in [2.45, 2.75) is 13.5 Å². The van der Waals surface area contributed by atoms with Gasteiger partial charge in [-0.25, -0.2) is 4.39 Å². The van der Waals surface area contributed by atoms with Crippen molar-refractivity contribution < 1.29 is 13.9 Å². The first-order valence-corrected chi connectivity index (χ1v) is 5.62. The summed E-state index contributed by atoms with van der Waals surface area (Å²) in [6.45, 7) is 2.36. The number of ether oxygens (including phenoxy) is 1. The van der Waals surface area contributed by atoms with Crippen LogP contribution in [0.1, 0.15) is 21.5 Å². The Kier molecular flexibility index (Phi) is 3.72. The number of halogens is 1. The van der Waals surface area contributed by atoms with Gasteiger partial charge in [-0.1, -0.05) is 29.8 Å². The van der Waals surface area contributed by atoms with Gasteiger partial charge in [0.15, 0.2) is 6.29 Å². The zero-order valence-electron chi connectivity index (χ0n) is 10.0. The highest BCUT2D eigenvalue weighted by Crippen LogP contribution is 2.19. The van der Waals surface area contributed by atoms with Gasteiger partial charge in [0.2, 0.25) is 0 Å². The Hall–Kier alpha value is -2.16. The molecule has 2 rings (SSSR count). The summed E-state index contributed by atoms with van der Waals surface area (Å²) in [4.78, 5) is 10.8. The largest absolute Gasteiger partial charge is 0.488 e. The molecule has 3 heteroatoms. The molecule has 92 valence electrons. The van der Waals surface area contributed by atoms with Crippen LogP contribution in [0.25, 0.3) is 0 Å². The van der Waals surface area contributed by atoms with Crippen LogP contribution in [0.4, 0.5) is 4.39 Å². The number of carbonyl (C=O) groups excluding carboxylic acids is 1. The van der Waals surface area contributed by atoms with Gasteiger partial charge in [0.25, 0.3) is 0 Å². The van der Waals surface area contributed by atoms with E-state index in [4.69, 9.17) is 4.74 Å². The van der Waals surface area contributed by atoms with E-state index in [-0.39, 0.29) is 5.56 Å². The van der Waals surface area contributed by atoms with Gasteiger partial charge in [-0.2, -0.15) is 0 Å². The van der Waals surface area contributed by atoms with Crippen molar-refractivity contribution in [1.29, 1.82) is 0 Å². The number of benzene rings is 2. The van der Waals surface area contributed by atoms with Gasteiger partial charge in [0, 0.05) is 0 Å². The smallest absolute Gasteiger partial charge is 0.153 e. The van der Waals surface area contributed by atoms with E-state index < -0.39 is 5.82 Å². The predicted molar refractivity (Wildman–Crippen MR) is 67.3 cm³/mol. The number of hydrogen-bond donors (Lipinski definition) is 0. The zero-order valence-corrected chi connectivity index (χ0v) is 10.0. The molecule has 0 spiro atoms. The van der Waals surface area contributed by atoms with E-state index in [9.17, 15) is 9.18 Å². The fraction of sp³-hybridized carbons (Fsp3) is 0.133. The van der Waals surface area contributed by atoms with Crippen LogP contribution in [-0.4, -0.2) is 6.29 Å². The van der Waals surface area contributed by atoms with E-state index in [1.165, 1.54) is 17.7 Å². The molecule has 0 saturated heterocycles. The lowest BCUT2D eigenvalue weighted by molar-refractivity contribution is 0.111. The number of carbonyl (C=O) groups is 1. The van der Waals surface area contributed by atoms with Crippen LogP contribution in [0, 0.1) is 12.7 Å². The van der Waals surface area contributed by atoms with E-state index in [0.717, 1.165) is 11.6 Å². The Morgan fingerprint density at radius 3 is 2.56 bits per heavy atom. The summed E-state index contributed by atoms with van der Waals surface area (Å²) in [6.07, 6.45) is 0.591. The molecule has 0 heterocycles. The Morgan fingerprint density at radius 1 is 1.17 bits per heavy atom. The van der Waals surface area contributed by atoms with Crippen LogP contribution in [0.15, 0.2) is 42.5 Å². The number of aryl methyl sites for hydroxylation is 1. The van der Waals surface area contributed by atoms with Crippen LogP contribution in [0.5, 0.6) is 5.75 Å². The summed E-state index contributed by atoms with van der Waals surface area (Å²) >= 11 is 0. The third kappa shape index (κ3) is 2.94. The molecule has 0 aliphatic rings. The van der Waals surface area contributed by atoms with Gasteiger partial charge in [-0.05, 0) is 30.7 Å². The lowest BCUT2D eigenvalue weighted by Crippen LogP contribution is -1.98. The third-order valence-electron chi connectivity index (χ3n) is 2.61. The van der Waals surface area contributed by atoms with E-state index in [2.05, 4.69) is 0 Å². The molecule has 0 aromatic heterocycles. The summed E-state index contributed by atoms with van der Waals surface area (Å²) in [7, 11) is 0. The van der Waals surface area contributed by atoms with Crippen LogP contribution in [0.2, 0.25) is 0 Å². The maximum Gasteiger partial charge on any atom is 0.153 e. The average molecular weight is 244 g/mol. The summed E-state index contributed by atoms with van der Waals surface area (Å²) in [5, 5.41) is 0. The minimum Gasteiger partial charge on any atom is -0.488 e. The summed E-state index contributed by atoms with van der Waals surface area (Å²) in [5.74, 6) is -0.0493. The van der Waals surface area contributed by atoms with Gasteiger partial charge < -0.3 is 4.74 Å². The van der Waals surface area contributed by atoms with E-state index >= 15 is 0 Å². The molecule has 18 heavy (non-hydrogen) atoms. The Balaban J connectivity index is 2.10. The lowest BCUT2D eigenvalue weighted by Gasteiger charge is -2.08. The van der Waals surface area contributed by atoms with Crippen molar-refractivity contribution >= 4 is 6.29 Å². The summed E-state index contributed by atoms with van der Waals surface area (Å²) in [5.41, 5.74) is 2.40. The molecule has 2 aromatic rings. The molecule has 2 nitrogen and oxygen atoms in total. The van der Waals surface area contributed by atoms with Crippen LogP contribution in [0.3, 0.4) is 0 Å². The predicted octanol–water partition coefficient (Wildman–Crippen LogP) is 3.53. The molecule has 0 unspecified atom stereocenters. The van der Waals surface area contributed by atoms with Gasteiger partial charge in [0.05, 0.1) is 5.56 Å². The summed E-state index contributed by atoms with van der Waals surface area (Å²) in [6, 6.07) is 11.8. The number of rotatable bonds is 4. The quantitative estimate of drug-likeness (QED) is 0.769. The molecule has 0 aliphatic heterocycles. The molecule has 0 fully saturated rings. The number of aldehydes is 1. The lowest BCUT2D eigenvalue weighted by atomic mass is 10.1.